The Bertz CT molecular complexity index is 1730. The van der Waals surface area contributed by atoms with E-state index in [0.29, 0.717) is 0 Å². The van der Waals surface area contributed by atoms with E-state index in [9.17, 15) is 18.0 Å². The van der Waals surface area contributed by atoms with E-state index in [1.54, 1.807) is 18.2 Å². The van der Waals surface area contributed by atoms with Gasteiger partial charge in [0.2, 0.25) is 11.8 Å². The first-order chi connectivity index (χ1) is 21.3. The number of aryl methyl sites for hydroxylation is 2. The van der Waals surface area contributed by atoms with Crippen molar-refractivity contribution < 1.29 is 18.0 Å². The van der Waals surface area contributed by atoms with E-state index in [0.717, 1.165) is 26.6 Å². The fourth-order valence-electron chi connectivity index (χ4n) is 4.85. The van der Waals surface area contributed by atoms with E-state index >= 15 is 0 Å². The van der Waals surface area contributed by atoms with Crippen molar-refractivity contribution in [3.8, 4) is 0 Å². The van der Waals surface area contributed by atoms with Gasteiger partial charge in [-0.15, -0.1) is 0 Å². The Hall–Kier alpha value is -3.85. The van der Waals surface area contributed by atoms with E-state index < -0.39 is 28.5 Å². The number of halogens is 2. The highest BCUT2D eigenvalue weighted by atomic mass is 35.5. The van der Waals surface area contributed by atoms with Gasteiger partial charge in [-0.2, -0.15) is 0 Å². The summed E-state index contributed by atoms with van der Waals surface area (Å²) in [7, 11) is -4.30. The summed E-state index contributed by atoms with van der Waals surface area (Å²) in [6.07, 6.45) is 0.222. The molecule has 0 saturated heterocycles. The number of carbonyl (C=O) groups is 2. The third-order valence-electron chi connectivity index (χ3n) is 7.24. The van der Waals surface area contributed by atoms with Gasteiger partial charge >= 0.3 is 0 Å². The van der Waals surface area contributed by atoms with Gasteiger partial charge in [-0.25, -0.2) is 8.42 Å². The molecule has 0 radical (unpaired) electrons. The molecule has 0 fully saturated rings. The number of nitrogens with zero attached hydrogens (tertiary/aromatic N) is 2. The lowest BCUT2D eigenvalue weighted by atomic mass is 10.0. The largest absolute Gasteiger partial charge is 0.352 e. The maximum atomic E-state index is 14.5. The Balaban J connectivity index is 1.83. The Morgan fingerprint density at radius 2 is 1.40 bits per heavy atom. The fraction of sp³-hybridized carbons (Fsp3) is 0.257. The van der Waals surface area contributed by atoms with Crippen LogP contribution in [0.5, 0.6) is 0 Å². The van der Waals surface area contributed by atoms with Gasteiger partial charge in [0, 0.05) is 24.0 Å². The van der Waals surface area contributed by atoms with E-state index in [1.165, 1.54) is 29.2 Å². The highest BCUT2D eigenvalue weighted by Crippen LogP contribution is 2.33. The normalized spacial score (nSPS) is 12.1. The molecule has 45 heavy (non-hydrogen) atoms. The number of nitrogens with one attached hydrogen (secondary N) is 1. The number of hydrogen-bond acceptors (Lipinski definition) is 4. The fourth-order valence-corrected chi connectivity index (χ4v) is 6.71. The van der Waals surface area contributed by atoms with Gasteiger partial charge in [-0.3, -0.25) is 13.9 Å². The van der Waals surface area contributed by atoms with Gasteiger partial charge < -0.3 is 10.2 Å². The molecule has 1 N–H and O–H groups in total. The highest BCUT2D eigenvalue weighted by Gasteiger charge is 2.35. The zero-order valence-corrected chi connectivity index (χ0v) is 28.0. The summed E-state index contributed by atoms with van der Waals surface area (Å²) in [5, 5.41) is 3.31. The zero-order chi connectivity index (χ0) is 32.7. The molecule has 0 bridgehead atoms. The summed E-state index contributed by atoms with van der Waals surface area (Å²) in [5.41, 5.74) is 3.62. The first-order valence-electron chi connectivity index (χ1n) is 14.6. The molecule has 0 aliphatic heterocycles. The molecule has 0 aliphatic carbocycles. The van der Waals surface area contributed by atoms with Crippen LogP contribution >= 0.6 is 23.2 Å². The SMILES string of the molecule is Cc1ccc(CN(C(=O)CN(c2cc(Cl)ccc2Cl)S(=O)(=O)c2ccc(C)cc2)[C@@H](Cc2ccccc2)C(=O)NC(C)C)cc1. The monoisotopic (exact) mass is 665 g/mol. The van der Waals surface area contributed by atoms with Crippen molar-refractivity contribution in [1.82, 2.24) is 10.2 Å². The van der Waals surface area contributed by atoms with Gasteiger partial charge in [0.15, 0.2) is 0 Å². The summed E-state index contributed by atoms with van der Waals surface area (Å²) in [6, 6.07) is 26.7. The molecular weight excluding hydrogens is 629 g/mol. The molecule has 236 valence electrons. The number of amides is 2. The molecule has 0 saturated carbocycles. The van der Waals surface area contributed by atoms with Crippen molar-refractivity contribution in [3.05, 3.63) is 129 Å². The van der Waals surface area contributed by atoms with Crippen LogP contribution in [-0.4, -0.2) is 43.8 Å². The Morgan fingerprint density at radius 1 is 0.800 bits per heavy atom. The second kappa shape index (κ2) is 15.0. The van der Waals surface area contributed by atoms with Crippen LogP contribution in [0.2, 0.25) is 10.0 Å². The molecule has 7 nitrogen and oxygen atoms in total. The van der Waals surface area contributed by atoms with Crippen molar-refractivity contribution in [3.63, 3.8) is 0 Å². The number of hydrogen-bond donors (Lipinski definition) is 1. The molecule has 4 rings (SSSR count). The van der Waals surface area contributed by atoms with Crippen molar-refractivity contribution in [1.29, 1.82) is 0 Å². The summed E-state index contributed by atoms with van der Waals surface area (Å²) >= 11 is 12.8. The summed E-state index contributed by atoms with van der Waals surface area (Å²) < 4.78 is 29.3. The minimum Gasteiger partial charge on any atom is -0.352 e. The number of sulfonamides is 1. The standard InChI is InChI=1S/C35H37Cl2N3O4S/c1-24(2)38-35(42)33(20-27-8-6-5-7-9-27)39(22-28-14-10-25(3)11-15-28)34(41)23-40(32-21-29(36)16-19-31(32)37)45(43,44)30-17-12-26(4)13-18-30/h5-19,21,24,33H,20,22-23H2,1-4H3,(H,38,42)/t33-/m0/s1. The summed E-state index contributed by atoms with van der Waals surface area (Å²) in [6.45, 7) is 6.96. The lowest BCUT2D eigenvalue weighted by molar-refractivity contribution is -0.140. The molecule has 0 aliphatic rings. The van der Waals surface area contributed by atoms with E-state index in [1.807, 2.05) is 82.3 Å². The van der Waals surface area contributed by atoms with Gasteiger partial charge in [0.1, 0.15) is 12.6 Å². The summed E-state index contributed by atoms with van der Waals surface area (Å²) in [5.74, 6) is -0.926. The average molecular weight is 667 g/mol. The molecule has 0 aromatic heterocycles. The quantitative estimate of drug-likeness (QED) is 0.177. The maximum absolute atomic E-state index is 14.5. The molecule has 2 amide bonds. The Labute approximate surface area is 275 Å². The van der Waals surface area contributed by atoms with Crippen molar-refractivity contribution in [2.45, 2.75) is 57.6 Å². The van der Waals surface area contributed by atoms with Crippen molar-refractivity contribution in [2.24, 2.45) is 0 Å². The molecule has 0 heterocycles. The van der Waals surface area contributed by atoms with Crippen LogP contribution in [0.1, 0.15) is 36.1 Å². The molecule has 4 aromatic rings. The van der Waals surface area contributed by atoms with Gasteiger partial charge in [-0.05, 0) is 69.2 Å². The van der Waals surface area contributed by atoms with Crippen LogP contribution in [-0.2, 0) is 32.6 Å². The number of benzene rings is 4. The molecule has 10 heteroatoms. The van der Waals surface area contributed by atoms with E-state index in [-0.39, 0.29) is 45.5 Å². The Kier molecular flexibility index (Phi) is 11.3. The maximum Gasteiger partial charge on any atom is 0.264 e. The number of carbonyl (C=O) groups excluding carboxylic acids is 2. The topological polar surface area (TPSA) is 86.8 Å². The van der Waals surface area contributed by atoms with Crippen LogP contribution in [0.25, 0.3) is 0 Å². The molecule has 4 aromatic carbocycles. The first-order valence-corrected chi connectivity index (χ1v) is 16.8. The molecule has 0 spiro atoms. The van der Waals surface area contributed by atoms with Gasteiger partial charge in [0.05, 0.1) is 15.6 Å². The van der Waals surface area contributed by atoms with Gasteiger partial charge in [-0.1, -0.05) is 101 Å². The predicted octanol–water partition coefficient (Wildman–Crippen LogP) is 6.97. The van der Waals surface area contributed by atoms with Crippen LogP contribution in [0.15, 0.2) is 102 Å². The zero-order valence-electron chi connectivity index (χ0n) is 25.7. The number of rotatable bonds is 12. The van der Waals surface area contributed by atoms with E-state index in [2.05, 4.69) is 5.32 Å². The van der Waals surface area contributed by atoms with E-state index in [4.69, 9.17) is 23.2 Å². The molecular formula is C35H37Cl2N3O4S. The van der Waals surface area contributed by atoms with Crippen molar-refractivity contribution >= 4 is 50.7 Å². The lowest BCUT2D eigenvalue weighted by Crippen LogP contribution is -2.54. The van der Waals surface area contributed by atoms with Crippen LogP contribution in [0.3, 0.4) is 0 Å². The molecule has 0 unspecified atom stereocenters. The smallest absolute Gasteiger partial charge is 0.264 e. The minimum absolute atomic E-state index is 0.0135. The second-order valence-corrected chi connectivity index (χ2v) is 14.0. The number of anilines is 1. The third kappa shape index (κ3) is 8.87. The average Bonchev–Trinajstić information content (AvgIpc) is 3.00. The lowest BCUT2D eigenvalue weighted by Gasteiger charge is -2.34. The van der Waals surface area contributed by atoms with Gasteiger partial charge in [0.25, 0.3) is 10.0 Å². The van der Waals surface area contributed by atoms with Crippen LogP contribution < -0.4 is 9.62 Å². The first kappa shape index (κ1) is 34.0. The van der Waals surface area contributed by atoms with Crippen molar-refractivity contribution in [2.75, 3.05) is 10.8 Å². The van der Waals surface area contributed by atoms with Crippen LogP contribution in [0, 0.1) is 13.8 Å². The minimum atomic E-state index is -4.30. The predicted molar refractivity (Wildman–Crippen MR) is 181 cm³/mol. The Morgan fingerprint density at radius 3 is 2.00 bits per heavy atom. The molecule has 1 atom stereocenters. The second-order valence-electron chi connectivity index (χ2n) is 11.3. The third-order valence-corrected chi connectivity index (χ3v) is 9.57. The van der Waals surface area contributed by atoms with Crippen LogP contribution in [0.4, 0.5) is 5.69 Å². The highest BCUT2D eigenvalue weighted by molar-refractivity contribution is 7.92. The summed E-state index contributed by atoms with van der Waals surface area (Å²) in [4.78, 5) is 29.7.